The highest BCUT2D eigenvalue weighted by Gasteiger charge is 2.25. The number of rotatable bonds is 3. The van der Waals surface area contributed by atoms with Crippen molar-refractivity contribution in [3.05, 3.63) is 28.6 Å². The van der Waals surface area contributed by atoms with Crippen LogP contribution in [0.5, 0.6) is 5.75 Å². The summed E-state index contributed by atoms with van der Waals surface area (Å²) >= 11 is 0. The number of ether oxygens (including phenoxy) is 1. The molecule has 0 amide bonds. The van der Waals surface area contributed by atoms with Crippen LogP contribution in [-0.2, 0) is 0 Å². The molecule has 6 heteroatoms. The maximum Gasteiger partial charge on any atom is 0.329 e. The first-order valence-corrected chi connectivity index (χ1v) is 5.64. The van der Waals surface area contributed by atoms with Gasteiger partial charge >= 0.3 is 5.69 Å². The Balaban J connectivity index is 2.14. The second-order valence-electron chi connectivity index (χ2n) is 4.23. The summed E-state index contributed by atoms with van der Waals surface area (Å²) in [7, 11) is 0. The van der Waals surface area contributed by atoms with Gasteiger partial charge in [0.05, 0.1) is 4.92 Å². The third-order valence-corrected chi connectivity index (χ3v) is 2.99. The lowest BCUT2D eigenvalue weighted by atomic mass is 9.97. The summed E-state index contributed by atoms with van der Waals surface area (Å²) in [6.45, 7) is 3.79. The highest BCUT2D eigenvalue weighted by molar-refractivity contribution is 5.43. The minimum Gasteiger partial charge on any atom is -0.482 e. The third kappa shape index (κ3) is 2.71. The van der Waals surface area contributed by atoms with Gasteiger partial charge in [-0.15, -0.1) is 0 Å². The standard InChI is InChI=1S/C11H15N3O3/c1-8-2-4-13-7-11(8)17-10-3-5-12-6-9(10)14(15)16/h3,5-6,8,11,13H,2,4,7H2,1H3. The van der Waals surface area contributed by atoms with Crippen LogP contribution in [-0.4, -0.2) is 29.1 Å². The second kappa shape index (κ2) is 5.09. The molecule has 1 aromatic rings. The molecule has 2 heterocycles. The number of aromatic nitrogens is 1. The van der Waals surface area contributed by atoms with Crippen LogP contribution in [0, 0.1) is 16.0 Å². The summed E-state index contributed by atoms with van der Waals surface area (Å²) < 4.78 is 5.72. The smallest absolute Gasteiger partial charge is 0.329 e. The summed E-state index contributed by atoms with van der Waals surface area (Å²) in [6, 6.07) is 1.54. The molecule has 0 aliphatic carbocycles. The van der Waals surface area contributed by atoms with Crippen LogP contribution >= 0.6 is 0 Å². The topological polar surface area (TPSA) is 77.3 Å². The minimum absolute atomic E-state index is 0.0233. The molecular weight excluding hydrogens is 222 g/mol. The number of nitrogens with zero attached hydrogens (tertiary/aromatic N) is 2. The van der Waals surface area contributed by atoms with E-state index < -0.39 is 4.92 Å². The molecule has 6 nitrogen and oxygen atoms in total. The number of nitrogens with one attached hydrogen (secondary N) is 1. The molecule has 1 N–H and O–H groups in total. The Hall–Kier alpha value is -1.69. The highest BCUT2D eigenvalue weighted by atomic mass is 16.6. The molecule has 0 spiro atoms. The first-order valence-electron chi connectivity index (χ1n) is 5.64. The molecular formula is C11H15N3O3. The number of piperidine rings is 1. The van der Waals surface area contributed by atoms with E-state index in [-0.39, 0.29) is 11.8 Å². The maximum atomic E-state index is 10.8. The van der Waals surface area contributed by atoms with Crippen LogP contribution in [0.3, 0.4) is 0 Å². The van der Waals surface area contributed by atoms with Crippen molar-refractivity contribution in [3.8, 4) is 5.75 Å². The van der Waals surface area contributed by atoms with Crippen molar-refractivity contribution in [3.63, 3.8) is 0 Å². The van der Waals surface area contributed by atoms with Crippen LogP contribution in [0.4, 0.5) is 5.69 Å². The molecule has 0 aromatic carbocycles. The molecule has 1 aliphatic rings. The Morgan fingerprint density at radius 3 is 3.18 bits per heavy atom. The van der Waals surface area contributed by atoms with E-state index in [1.54, 1.807) is 6.07 Å². The first-order chi connectivity index (χ1) is 8.18. The van der Waals surface area contributed by atoms with Gasteiger partial charge in [0.2, 0.25) is 5.75 Å². The molecule has 2 unspecified atom stereocenters. The lowest BCUT2D eigenvalue weighted by molar-refractivity contribution is -0.386. The van der Waals surface area contributed by atoms with E-state index in [0.717, 1.165) is 19.5 Å². The van der Waals surface area contributed by atoms with Gasteiger partial charge in [-0.3, -0.25) is 15.1 Å². The molecule has 1 saturated heterocycles. The molecule has 0 bridgehead atoms. The van der Waals surface area contributed by atoms with Gasteiger partial charge in [0, 0.05) is 18.8 Å². The summed E-state index contributed by atoms with van der Waals surface area (Å²) in [5.41, 5.74) is -0.0785. The summed E-state index contributed by atoms with van der Waals surface area (Å²) in [6.07, 6.45) is 3.72. The van der Waals surface area contributed by atoms with Crippen molar-refractivity contribution in [2.45, 2.75) is 19.4 Å². The average Bonchev–Trinajstić information content (AvgIpc) is 2.32. The number of pyridine rings is 1. The largest absolute Gasteiger partial charge is 0.482 e. The van der Waals surface area contributed by atoms with Crippen molar-refractivity contribution in [2.24, 2.45) is 5.92 Å². The van der Waals surface area contributed by atoms with Gasteiger partial charge in [0.15, 0.2) is 0 Å². The molecule has 2 rings (SSSR count). The Labute approximate surface area is 99.2 Å². The van der Waals surface area contributed by atoms with Gasteiger partial charge in [0.25, 0.3) is 0 Å². The van der Waals surface area contributed by atoms with E-state index in [0.29, 0.717) is 11.7 Å². The third-order valence-electron chi connectivity index (χ3n) is 2.99. The van der Waals surface area contributed by atoms with Crippen LogP contribution in [0.25, 0.3) is 0 Å². The quantitative estimate of drug-likeness (QED) is 0.634. The molecule has 0 radical (unpaired) electrons. The van der Waals surface area contributed by atoms with E-state index in [2.05, 4.69) is 17.2 Å². The van der Waals surface area contributed by atoms with Gasteiger partial charge in [-0.25, -0.2) is 0 Å². The zero-order chi connectivity index (χ0) is 12.3. The van der Waals surface area contributed by atoms with Gasteiger partial charge in [-0.05, 0) is 18.9 Å². The SMILES string of the molecule is CC1CCNCC1Oc1ccncc1[N+](=O)[O-]. The summed E-state index contributed by atoms with van der Waals surface area (Å²) in [4.78, 5) is 14.1. The molecule has 1 aliphatic heterocycles. The van der Waals surface area contributed by atoms with Crippen molar-refractivity contribution < 1.29 is 9.66 Å². The minimum atomic E-state index is -0.469. The molecule has 0 saturated carbocycles. The van der Waals surface area contributed by atoms with E-state index in [4.69, 9.17) is 4.74 Å². The number of hydrogen-bond acceptors (Lipinski definition) is 5. The monoisotopic (exact) mass is 237 g/mol. The first kappa shape index (κ1) is 11.8. The summed E-state index contributed by atoms with van der Waals surface area (Å²) in [5, 5.41) is 14.0. The Morgan fingerprint density at radius 1 is 1.65 bits per heavy atom. The second-order valence-corrected chi connectivity index (χ2v) is 4.23. The fraction of sp³-hybridized carbons (Fsp3) is 0.545. The van der Waals surface area contributed by atoms with Crippen molar-refractivity contribution in [1.82, 2.24) is 10.3 Å². The van der Waals surface area contributed by atoms with Gasteiger partial charge in [0.1, 0.15) is 12.3 Å². The van der Waals surface area contributed by atoms with Crippen LogP contribution in [0.2, 0.25) is 0 Å². The fourth-order valence-corrected chi connectivity index (χ4v) is 1.89. The predicted molar refractivity (Wildman–Crippen MR) is 62.0 cm³/mol. The van der Waals surface area contributed by atoms with Crippen LogP contribution in [0.15, 0.2) is 18.5 Å². The molecule has 92 valence electrons. The van der Waals surface area contributed by atoms with Gasteiger partial charge in [-0.1, -0.05) is 6.92 Å². The van der Waals surface area contributed by atoms with Crippen molar-refractivity contribution >= 4 is 5.69 Å². The molecule has 1 aromatic heterocycles. The summed E-state index contributed by atoms with van der Waals surface area (Å²) in [5.74, 6) is 0.689. The van der Waals surface area contributed by atoms with E-state index in [1.165, 1.54) is 12.4 Å². The number of nitro groups is 1. The Kier molecular flexibility index (Phi) is 3.53. The van der Waals surface area contributed by atoms with Crippen LogP contribution < -0.4 is 10.1 Å². The zero-order valence-electron chi connectivity index (χ0n) is 9.63. The molecule has 1 fully saturated rings. The Bertz CT molecular complexity index is 411. The number of hydrogen-bond donors (Lipinski definition) is 1. The van der Waals surface area contributed by atoms with Gasteiger partial charge < -0.3 is 10.1 Å². The van der Waals surface area contributed by atoms with E-state index in [1.807, 2.05) is 0 Å². The lowest BCUT2D eigenvalue weighted by Crippen LogP contribution is -2.42. The van der Waals surface area contributed by atoms with Crippen molar-refractivity contribution in [2.75, 3.05) is 13.1 Å². The fourth-order valence-electron chi connectivity index (χ4n) is 1.89. The van der Waals surface area contributed by atoms with Crippen molar-refractivity contribution in [1.29, 1.82) is 0 Å². The Morgan fingerprint density at radius 2 is 2.47 bits per heavy atom. The van der Waals surface area contributed by atoms with E-state index in [9.17, 15) is 10.1 Å². The van der Waals surface area contributed by atoms with E-state index >= 15 is 0 Å². The molecule has 17 heavy (non-hydrogen) atoms. The normalized spacial score (nSPS) is 24.3. The average molecular weight is 237 g/mol. The predicted octanol–water partition coefficient (Wildman–Crippen LogP) is 1.37. The van der Waals surface area contributed by atoms with Crippen LogP contribution in [0.1, 0.15) is 13.3 Å². The molecule has 2 atom stereocenters. The van der Waals surface area contributed by atoms with Gasteiger partial charge in [-0.2, -0.15) is 0 Å². The maximum absolute atomic E-state index is 10.8. The zero-order valence-corrected chi connectivity index (χ0v) is 9.63. The highest BCUT2D eigenvalue weighted by Crippen LogP contribution is 2.28. The lowest BCUT2D eigenvalue weighted by Gasteiger charge is -2.29.